The van der Waals surface area contributed by atoms with Gasteiger partial charge in [0.25, 0.3) is 5.91 Å². The van der Waals surface area contributed by atoms with E-state index in [2.05, 4.69) is 5.32 Å². The molecule has 0 radical (unpaired) electrons. The number of amides is 2. The Hall–Kier alpha value is -3.00. The minimum absolute atomic E-state index is 0.0206. The van der Waals surface area contributed by atoms with Crippen LogP contribution in [0.2, 0.25) is 0 Å². The lowest BCUT2D eigenvalue weighted by Gasteiger charge is -2.10. The largest absolute Gasteiger partial charge is 0.507 e. The van der Waals surface area contributed by atoms with Crippen molar-refractivity contribution in [3.63, 3.8) is 0 Å². The topological polar surface area (TPSA) is 119 Å². The Morgan fingerprint density at radius 2 is 1.76 bits per heavy atom. The van der Waals surface area contributed by atoms with Crippen molar-refractivity contribution in [2.45, 2.75) is 4.90 Å². The van der Waals surface area contributed by atoms with Gasteiger partial charge < -0.3 is 20.9 Å². The van der Waals surface area contributed by atoms with Crippen LogP contribution in [0.3, 0.4) is 0 Å². The molecule has 0 aliphatic carbocycles. The van der Waals surface area contributed by atoms with Gasteiger partial charge in [-0.1, -0.05) is 24.3 Å². The maximum Gasteiger partial charge on any atom is 0.342 e. The number of carbonyl (C=O) groups excluding carboxylic acids is 3. The molecule has 7 nitrogen and oxygen atoms in total. The quantitative estimate of drug-likeness (QED) is 0.511. The third-order valence-electron chi connectivity index (χ3n) is 2.99. The predicted molar refractivity (Wildman–Crippen MR) is 93.4 cm³/mol. The fraction of sp³-hybridized carbons (Fsp3) is 0.118. The number of benzene rings is 2. The first kappa shape index (κ1) is 18.3. The number of esters is 1. The molecule has 0 heterocycles. The van der Waals surface area contributed by atoms with Crippen LogP contribution in [0.15, 0.2) is 53.4 Å². The van der Waals surface area contributed by atoms with Gasteiger partial charge >= 0.3 is 5.97 Å². The summed E-state index contributed by atoms with van der Waals surface area (Å²) in [6, 6.07) is 12.8. The summed E-state index contributed by atoms with van der Waals surface area (Å²) in [5.41, 5.74) is 5.58. The number of phenolic OH excluding ortho intramolecular Hbond substituents is 1. The SMILES string of the molecule is NC(=O)CSc1ccccc1NC(=O)COC(=O)c1ccccc1O. The molecule has 2 aromatic carbocycles. The van der Waals surface area contributed by atoms with Crippen LogP contribution in [0.4, 0.5) is 5.69 Å². The summed E-state index contributed by atoms with van der Waals surface area (Å²) >= 11 is 1.19. The maximum atomic E-state index is 12.0. The number of carbonyl (C=O) groups is 3. The van der Waals surface area contributed by atoms with Crippen LogP contribution in [-0.4, -0.2) is 35.2 Å². The lowest BCUT2D eigenvalue weighted by atomic mass is 10.2. The van der Waals surface area contributed by atoms with Gasteiger partial charge in [-0.15, -0.1) is 11.8 Å². The van der Waals surface area contributed by atoms with E-state index in [9.17, 15) is 19.5 Å². The first-order valence-electron chi connectivity index (χ1n) is 7.22. The molecule has 0 aliphatic rings. The van der Waals surface area contributed by atoms with Crippen LogP contribution in [0.25, 0.3) is 0 Å². The minimum atomic E-state index is -0.801. The van der Waals surface area contributed by atoms with Crippen molar-refractivity contribution in [3.8, 4) is 5.75 Å². The van der Waals surface area contributed by atoms with Crippen LogP contribution >= 0.6 is 11.8 Å². The molecule has 8 heteroatoms. The van der Waals surface area contributed by atoms with Gasteiger partial charge in [0.1, 0.15) is 11.3 Å². The second kappa shape index (κ2) is 8.74. The molecule has 0 fully saturated rings. The van der Waals surface area contributed by atoms with Crippen molar-refractivity contribution in [3.05, 3.63) is 54.1 Å². The van der Waals surface area contributed by atoms with Gasteiger partial charge in [0.2, 0.25) is 5.91 Å². The number of nitrogens with one attached hydrogen (secondary N) is 1. The highest BCUT2D eigenvalue weighted by atomic mass is 32.2. The Labute approximate surface area is 148 Å². The van der Waals surface area contributed by atoms with Crippen molar-refractivity contribution in [2.75, 3.05) is 17.7 Å². The highest BCUT2D eigenvalue weighted by Crippen LogP contribution is 2.26. The number of rotatable bonds is 7. The van der Waals surface area contributed by atoms with Crippen molar-refractivity contribution in [1.82, 2.24) is 0 Å². The molecule has 2 rings (SSSR count). The predicted octanol–water partition coefficient (Wildman–Crippen LogP) is 1.77. The summed E-state index contributed by atoms with van der Waals surface area (Å²) in [5, 5.41) is 12.2. The van der Waals surface area contributed by atoms with Crippen LogP contribution in [0.5, 0.6) is 5.75 Å². The molecule has 0 saturated carbocycles. The summed E-state index contributed by atoms with van der Waals surface area (Å²) in [5.74, 6) is -1.96. The summed E-state index contributed by atoms with van der Waals surface area (Å²) in [6.45, 7) is -0.512. The van der Waals surface area contributed by atoms with Crippen molar-refractivity contribution in [1.29, 1.82) is 0 Å². The number of phenols is 1. The van der Waals surface area contributed by atoms with E-state index in [1.54, 1.807) is 36.4 Å². The molecule has 2 amide bonds. The van der Waals surface area contributed by atoms with E-state index in [0.29, 0.717) is 10.6 Å². The number of aromatic hydroxyl groups is 1. The van der Waals surface area contributed by atoms with Gasteiger partial charge in [-0.3, -0.25) is 9.59 Å². The molecule has 0 bridgehead atoms. The van der Waals surface area contributed by atoms with Crippen LogP contribution < -0.4 is 11.1 Å². The maximum absolute atomic E-state index is 12.0. The van der Waals surface area contributed by atoms with Crippen LogP contribution in [0.1, 0.15) is 10.4 Å². The number of primary amides is 1. The summed E-state index contributed by atoms with van der Waals surface area (Å²) in [4.78, 5) is 35.4. The zero-order valence-electron chi connectivity index (χ0n) is 13.1. The fourth-order valence-electron chi connectivity index (χ4n) is 1.89. The number of hydrogen-bond donors (Lipinski definition) is 3. The Bertz CT molecular complexity index is 794. The molecule has 0 aliphatic heterocycles. The lowest BCUT2D eigenvalue weighted by Crippen LogP contribution is -2.21. The van der Waals surface area contributed by atoms with Crippen molar-refractivity contribution < 1.29 is 24.2 Å². The van der Waals surface area contributed by atoms with E-state index in [-0.39, 0.29) is 17.1 Å². The Balaban J connectivity index is 1.93. The molecule has 0 atom stereocenters. The Morgan fingerprint density at radius 1 is 1.08 bits per heavy atom. The zero-order valence-corrected chi connectivity index (χ0v) is 13.9. The summed E-state index contributed by atoms with van der Waals surface area (Å²) in [6.07, 6.45) is 0. The van der Waals surface area contributed by atoms with Gasteiger partial charge in [-0.2, -0.15) is 0 Å². The molecule has 25 heavy (non-hydrogen) atoms. The van der Waals surface area contributed by atoms with E-state index in [1.807, 2.05) is 0 Å². The second-order valence-corrected chi connectivity index (χ2v) is 5.91. The van der Waals surface area contributed by atoms with Crippen LogP contribution in [-0.2, 0) is 14.3 Å². The molecule has 0 saturated heterocycles. The molecule has 2 aromatic rings. The first-order chi connectivity index (χ1) is 12.0. The van der Waals surface area contributed by atoms with E-state index in [1.165, 1.54) is 23.9 Å². The number of thioether (sulfide) groups is 1. The number of ether oxygens (including phenoxy) is 1. The number of nitrogens with two attached hydrogens (primary N) is 1. The zero-order chi connectivity index (χ0) is 18.2. The fourth-order valence-corrected chi connectivity index (χ4v) is 2.63. The smallest absolute Gasteiger partial charge is 0.342 e. The van der Waals surface area contributed by atoms with Gasteiger partial charge in [0, 0.05) is 4.90 Å². The first-order valence-corrected chi connectivity index (χ1v) is 8.21. The molecular formula is C17H16N2O5S. The highest BCUT2D eigenvalue weighted by Gasteiger charge is 2.14. The molecule has 0 unspecified atom stereocenters. The normalized spacial score (nSPS) is 10.1. The van der Waals surface area contributed by atoms with Crippen molar-refractivity contribution in [2.24, 2.45) is 5.73 Å². The molecular weight excluding hydrogens is 344 g/mol. The number of anilines is 1. The van der Waals surface area contributed by atoms with E-state index in [0.717, 1.165) is 0 Å². The molecule has 130 valence electrons. The minimum Gasteiger partial charge on any atom is -0.507 e. The average Bonchev–Trinajstić information content (AvgIpc) is 2.59. The number of para-hydroxylation sites is 2. The molecule has 0 spiro atoms. The summed E-state index contributed by atoms with van der Waals surface area (Å²) in [7, 11) is 0. The Kier molecular flexibility index (Phi) is 6.41. The van der Waals surface area contributed by atoms with E-state index < -0.39 is 24.4 Å². The van der Waals surface area contributed by atoms with E-state index >= 15 is 0 Å². The molecule has 4 N–H and O–H groups in total. The Morgan fingerprint density at radius 3 is 2.48 bits per heavy atom. The summed E-state index contributed by atoms with van der Waals surface area (Å²) < 4.78 is 4.89. The van der Waals surface area contributed by atoms with Gasteiger partial charge in [0.05, 0.1) is 11.4 Å². The van der Waals surface area contributed by atoms with Crippen LogP contribution in [0, 0.1) is 0 Å². The standard InChI is InChI=1S/C17H16N2O5S/c18-15(21)10-25-14-8-4-2-6-12(14)19-16(22)9-24-17(23)11-5-1-3-7-13(11)20/h1-8,20H,9-10H2,(H2,18,21)(H,19,22). The monoisotopic (exact) mass is 360 g/mol. The van der Waals surface area contributed by atoms with Gasteiger partial charge in [-0.05, 0) is 24.3 Å². The second-order valence-electron chi connectivity index (χ2n) is 4.89. The van der Waals surface area contributed by atoms with Crippen molar-refractivity contribution >= 4 is 35.2 Å². The van der Waals surface area contributed by atoms with Gasteiger partial charge in [-0.25, -0.2) is 4.79 Å². The number of hydrogen-bond acceptors (Lipinski definition) is 6. The van der Waals surface area contributed by atoms with Gasteiger partial charge in [0.15, 0.2) is 6.61 Å². The van der Waals surface area contributed by atoms with E-state index in [4.69, 9.17) is 10.5 Å². The molecule has 0 aromatic heterocycles. The third kappa shape index (κ3) is 5.54. The third-order valence-corrected chi connectivity index (χ3v) is 4.09. The highest BCUT2D eigenvalue weighted by molar-refractivity contribution is 8.00. The average molecular weight is 360 g/mol. The lowest BCUT2D eigenvalue weighted by molar-refractivity contribution is -0.119.